The van der Waals surface area contributed by atoms with E-state index in [4.69, 9.17) is 34.8 Å². The molecule has 2 aromatic rings. The summed E-state index contributed by atoms with van der Waals surface area (Å²) >= 11 is 18.0. The number of hydrogen-bond acceptors (Lipinski definition) is 2. The average molecular weight is 398 g/mol. The summed E-state index contributed by atoms with van der Waals surface area (Å²) in [4.78, 5) is 17.1. The quantitative estimate of drug-likeness (QED) is 0.639. The van der Waals surface area contributed by atoms with E-state index >= 15 is 0 Å². The maximum absolute atomic E-state index is 12.9. The largest absolute Gasteiger partial charge is 0.310 e. The van der Waals surface area contributed by atoms with Crippen molar-refractivity contribution in [3.8, 4) is 0 Å². The zero-order valence-corrected chi connectivity index (χ0v) is 15.9. The maximum atomic E-state index is 12.9. The molecule has 0 bridgehead atoms. The third-order valence-corrected chi connectivity index (χ3v) is 5.65. The monoisotopic (exact) mass is 396 g/mol. The van der Waals surface area contributed by atoms with Gasteiger partial charge in [-0.15, -0.1) is 0 Å². The maximum Gasteiger partial charge on any atom is 0.233 e. The summed E-state index contributed by atoms with van der Waals surface area (Å²) in [5.41, 5.74) is 0.882. The Bertz CT molecular complexity index is 743. The Kier molecular flexibility index (Phi) is 6.21. The van der Waals surface area contributed by atoms with E-state index < -0.39 is 0 Å². The van der Waals surface area contributed by atoms with Gasteiger partial charge in [-0.25, -0.2) is 4.98 Å². The van der Waals surface area contributed by atoms with Crippen molar-refractivity contribution >= 4 is 46.5 Å². The van der Waals surface area contributed by atoms with Crippen LogP contribution in [0.15, 0.2) is 36.5 Å². The molecule has 1 amide bonds. The molecule has 3 rings (SSSR count). The molecule has 25 heavy (non-hydrogen) atoms. The van der Waals surface area contributed by atoms with E-state index in [-0.39, 0.29) is 11.8 Å². The SMILES string of the molecule is O=C(Nc1ccc(Cl)cn1)C(CC1CCCC1)c1ccc(Cl)c(Cl)c1. The fourth-order valence-electron chi connectivity index (χ4n) is 3.37. The standard InChI is InChI=1S/C19H19Cl3N2O/c20-14-6-8-18(23-11-14)24-19(25)15(9-12-3-1-2-4-12)13-5-7-16(21)17(22)10-13/h5-8,10-12,15H,1-4,9H2,(H,23,24,25). The van der Waals surface area contributed by atoms with Crippen molar-refractivity contribution in [2.24, 2.45) is 5.92 Å². The van der Waals surface area contributed by atoms with Gasteiger partial charge in [0.1, 0.15) is 5.82 Å². The summed E-state index contributed by atoms with van der Waals surface area (Å²) in [6.07, 6.45) is 7.13. The minimum absolute atomic E-state index is 0.0832. The lowest BCUT2D eigenvalue weighted by molar-refractivity contribution is -0.118. The molecule has 132 valence electrons. The second-order valence-electron chi connectivity index (χ2n) is 6.46. The molecular formula is C19H19Cl3N2O. The number of amides is 1. The van der Waals surface area contributed by atoms with Gasteiger partial charge in [-0.2, -0.15) is 0 Å². The van der Waals surface area contributed by atoms with Crippen LogP contribution in [-0.4, -0.2) is 10.9 Å². The number of nitrogens with zero attached hydrogens (tertiary/aromatic N) is 1. The van der Waals surface area contributed by atoms with Crippen LogP contribution in [0, 0.1) is 5.92 Å². The molecule has 1 aliphatic carbocycles. The number of carbonyl (C=O) groups is 1. The second kappa shape index (κ2) is 8.39. The topological polar surface area (TPSA) is 42.0 Å². The number of benzene rings is 1. The fourth-order valence-corrected chi connectivity index (χ4v) is 3.78. The highest BCUT2D eigenvalue weighted by Crippen LogP contribution is 2.36. The van der Waals surface area contributed by atoms with Crippen LogP contribution in [0.1, 0.15) is 43.6 Å². The van der Waals surface area contributed by atoms with E-state index in [9.17, 15) is 4.79 Å². The second-order valence-corrected chi connectivity index (χ2v) is 7.71. The van der Waals surface area contributed by atoms with Gasteiger partial charge in [0, 0.05) is 6.20 Å². The lowest BCUT2D eigenvalue weighted by Gasteiger charge is -2.21. The van der Waals surface area contributed by atoms with Gasteiger partial charge in [0.05, 0.1) is 21.0 Å². The molecule has 1 N–H and O–H groups in total. The highest BCUT2D eigenvalue weighted by Gasteiger charge is 2.27. The minimum Gasteiger partial charge on any atom is -0.310 e. The van der Waals surface area contributed by atoms with E-state index in [2.05, 4.69) is 10.3 Å². The highest BCUT2D eigenvalue weighted by molar-refractivity contribution is 6.42. The van der Waals surface area contributed by atoms with Crippen LogP contribution in [0.5, 0.6) is 0 Å². The lowest BCUT2D eigenvalue weighted by Crippen LogP contribution is -2.23. The number of hydrogen-bond donors (Lipinski definition) is 1. The summed E-state index contributed by atoms with van der Waals surface area (Å²) in [7, 11) is 0. The van der Waals surface area contributed by atoms with Gasteiger partial charge in [-0.3, -0.25) is 4.79 Å². The third kappa shape index (κ3) is 4.87. The van der Waals surface area contributed by atoms with Crippen molar-refractivity contribution < 1.29 is 4.79 Å². The van der Waals surface area contributed by atoms with Crippen LogP contribution in [0.3, 0.4) is 0 Å². The fraction of sp³-hybridized carbons (Fsp3) is 0.368. The first-order chi connectivity index (χ1) is 12.0. The molecule has 1 fully saturated rings. The number of rotatable bonds is 5. The predicted molar refractivity (Wildman–Crippen MR) is 104 cm³/mol. The third-order valence-electron chi connectivity index (χ3n) is 4.68. The molecule has 1 heterocycles. The van der Waals surface area contributed by atoms with Gasteiger partial charge in [-0.1, -0.05) is 66.6 Å². The van der Waals surface area contributed by atoms with Crippen LogP contribution < -0.4 is 5.32 Å². The van der Waals surface area contributed by atoms with Crippen molar-refractivity contribution in [3.63, 3.8) is 0 Å². The van der Waals surface area contributed by atoms with Crippen molar-refractivity contribution in [1.82, 2.24) is 4.98 Å². The summed E-state index contributed by atoms with van der Waals surface area (Å²) in [5.74, 6) is 0.685. The number of anilines is 1. The van der Waals surface area contributed by atoms with Crippen LogP contribution in [0.4, 0.5) is 5.82 Å². The molecule has 1 atom stereocenters. The van der Waals surface area contributed by atoms with E-state index in [0.717, 1.165) is 12.0 Å². The summed E-state index contributed by atoms with van der Waals surface area (Å²) < 4.78 is 0. The molecule has 6 heteroatoms. The number of carbonyl (C=O) groups excluding carboxylic acids is 1. The van der Waals surface area contributed by atoms with Crippen molar-refractivity contribution in [1.29, 1.82) is 0 Å². The Labute approximate surface area is 162 Å². The Morgan fingerprint density at radius 2 is 1.88 bits per heavy atom. The highest BCUT2D eigenvalue weighted by atomic mass is 35.5. The smallest absolute Gasteiger partial charge is 0.233 e. The Morgan fingerprint density at radius 3 is 2.52 bits per heavy atom. The summed E-state index contributed by atoms with van der Waals surface area (Å²) in [6.45, 7) is 0. The van der Waals surface area contributed by atoms with Gasteiger partial charge in [0.2, 0.25) is 5.91 Å². The van der Waals surface area contributed by atoms with Crippen molar-refractivity contribution in [2.45, 2.75) is 38.0 Å². The molecule has 0 aliphatic heterocycles. The normalized spacial score (nSPS) is 16.0. The van der Waals surface area contributed by atoms with E-state index in [0.29, 0.717) is 26.8 Å². The van der Waals surface area contributed by atoms with Crippen LogP contribution >= 0.6 is 34.8 Å². The van der Waals surface area contributed by atoms with Crippen LogP contribution in [0.2, 0.25) is 15.1 Å². The molecule has 1 aromatic heterocycles. The van der Waals surface area contributed by atoms with Crippen molar-refractivity contribution in [3.05, 3.63) is 57.2 Å². The van der Waals surface area contributed by atoms with Crippen LogP contribution in [-0.2, 0) is 4.79 Å². The molecule has 1 aliphatic rings. The van der Waals surface area contributed by atoms with E-state index in [1.54, 1.807) is 24.3 Å². The Balaban J connectivity index is 1.82. The molecule has 3 nitrogen and oxygen atoms in total. The van der Waals surface area contributed by atoms with Crippen molar-refractivity contribution in [2.75, 3.05) is 5.32 Å². The predicted octanol–water partition coefficient (Wildman–Crippen LogP) is 6.34. The number of halogens is 3. The number of nitrogens with one attached hydrogen (secondary N) is 1. The van der Waals surface area contributed by atoms with Gasteiger partial charge in [0.15, 0.2) is 0 Å². The first-order valence-electron chi connectivity index (χ1n) is 8.40. The van der Waals surface area contributed by atoms with Gasteiger partial charge in [0.25, 0.3) is 0 Å². The first-order valence-corrected chi connectivity index (χ1v) is 9.53. The first kappa shape index (κ1) is 18.5. The van der Waals surface area contributed by atoms with Crippen LogP contribution in [0.25, 0.3) is 0 Å². The van der Waals surface area contributed by atoms with E-state index in [1.807, 2.05) is 6.07 Å². The molecule has 0 spiro atoms. The molecule has 0 radical (unpaired) electrons. The average Bonchev–Trinajstić information content (AvgIpc) is 3.10. The lowest BCUT2D eigenvalue weighted by atomic mass is 9.87. The molecule has 1 unspecified atom stereocenters. The van der Waals surface area contributed by atoms with Gasteiger partial charge >= 0.3 is 0 Å². The molecular weight excluding hydrogens is 379 g/mol. The molecule has 1 aromatic carbocycles. The molecule has 0 saturated heterocycles. The summed E-state index contributed by atoms with van der Waals surface area (Å²) in [5, 5.41) is 4.38. The zero-order valence-electron chi connectivity index (χ0n) is 13.6. The molecule has 1 saturated carbocycles. The zero-order chi connectivity index (χ0) is 17.8. The minimum atomic E-state index is -0.282. The number of aromatic nitrogens is 1. The summed E-state index contributed by atoms with van der Waals surface area (Å²) in [6, 6.07) is 8.81. The van der Waals surface area contributed by atoms with E-state index in [1.165, 1.54) is 31.9 Å². The van der Waals surface area contributed by atoms with Gasteiger partial charge < -0.3 is 5.32 Å². The Morgan fingerprint density at radius 1 is 1.12 bits per heavy atom. The van der Waals surface area contributed by atoms with Gasteiger partial charge in [-0.05, 0) is 42.2 Å². The Hall–Kier alpha value is -1.29. The number of pyridine rings is 1.